The van der Waals surface area contributed by atoms with Crippen LogP contribution in [0.25, 0.3) is 0 Å². The van der Waals surface area contributed by atoms with Crippen molar-refractivity contribution in [2.45, 2.75) is 19.9 Å². The minimum Gasteiger partial charge on any atom is -0.369 e. The third-order valence-corrected chi connectivity index (χ3v) is 5.67. The zero-order chi connectivity index (χ0) is 19.2. The Morgan fingerprint density at radius 3 is 2.41 bits per heavy atom. The van der Waals surface area contributed by atoms with Gasteiger partial charge in [0, 0.05) is 37.6 Å². The van der Waals surface area contributed by atoms with Gasteiger partial charge in [0.1, 0.15) is 6.04 Å². The van der Waals surface area contributed by atoms with Crippen LogP contribution in [0.4, 0.5) is 11.4 Å². The van der Waals surface area contributed by atoms with Gasteiger partial charge in [-0.3, -0.25) is 9.59 Å². The monoisotopic (exact) mass is 386 g/mol. The zero-order valence-electron chi connectivity index (χ0n) is 15.8. The number of thiophene rings is 1. The van der Waals surface area contributed by atoms with Gasteiger partial charge < -0.3 is 20.4 Å². The Morgan fingerprint density at radius 2 is 1.81 bits per heavy atom. The molecular formula is C20H26N4O2S. The molecule has 1 saturated heterocycles. The van der Waals surface area contributed by atoms with Crippen molar-refractivity contribution in [3.63, 3.8) is 0 Å². The van der Waals surface area contributed by atoms with Crippen molar-refractivity contribution >= 4 is 34.5 Å². The second-order valence-electron chi connectivity index (χ2n) is 6.63. The number of nitrogens with one attached hydrogen (secondary N) is 2. The number of benzene rings is 1. The summed E-state index contributed by atoms with van der Waals surface area (Å²) in [4.78, 5) is 29.8. The van der Waals surface area contributed by atoms with Crippen LogP contribution in [0.15, 0.2) is 41.8 Å². The number of piperazine rings is 1. The quantitative estimate of drug-likeness (QED) is 0.801. The lowest BCUT2D eigenvalue weighted by Crippen LogP contribution is -2.46. The van der Waals surface area contributed by atoms with E-state index in [1.54, 1.807) is 13.0 Å². The van der Waals surface area contributed by atoms with Gasteiger partial charge in [0.2, 0.25) is 5.91 Å². The summed E-state index contributed by atoms with van der Waals surface area (Å²) < 4.78 is 0. The van der Waals surface area contributed by atoms with Crippen LogP contribution in [0.3, 0.4) is 0 Å². The molecule has 27 heavy (non-hydrogen) atoms. The SMILES string of the molecule is CCN1CCN(c2ccc(NC(=O)[C@@H](C)NC(=O)c3cccs3)cc2)CC1. The number of nitrogens with zero attached hydrogens (tertiary/aromatic N) is 2. The lowest BCUT2D eigenvalue weighted by atomic mass is 10.2. The third kappa shape index (κ3) is 5.08. The number of hydrogen-bond acceptors (Lipinski definition) is 5. The lowest BCUT2D eigenvalue weighted by Gasteiger charge is -2.35. The maximum Gasteiger partial charge on any atom is 0.261 e. The Hall–Kier alpha value is -2.38. The molecule has 1 atom stereocenters. The first-order valence-corrected chi connectivity index (χ1v) is 10.2. The fourth-order valence-electron chi connectivity index (χ4n) is 3.07. The summed E-state index contributed by atoms with van der Waals surface area (Å²) in [6.45, 7) is 9.17. The van der Waals surface area contributed by atoms with E-state index >= 15 is 0 Å². The molecule has 6 nitrogen and oxygen atoms in total. The highest BCUT2D eigenvalue weighted by atomic mass is 32.1. The van der Waals surface area contributed by atoms with Gasteiger partial charge in [-0.2, -0.15) is 0 Å². The van der Waals surface area contributed by atoms with Crippen molar-refractivity contribution in [3.8, 4) is 0 Å². The number of carbonyl (C=O) groups is 2. The van der Waals surface area contributed by atoms with Gasteiger partial charge >= 0.3 is 0 Å². The van der Waals surface area contributed by atoms with E-state index in [9.17, 15) is 9.59 Å². The van der Waals surface area contributed by atoms with Crippen molar-refractivity contribution in [1.82, 2.24) is 10.2 Å². The molecule has 2 heterocycles. The maximum atomic E-state index is 12.3. The van der Waals surface area contributed by atoms with Crippen molar-refractivity contribution in [3.05, 3.63) is 46.7 Å². The molecule has 144 valence electrons. The minimum absolute atomic E-state index is 0.228. The molecule has 2 N–H and O–H groups in total. The second-order valence-corrected chi connectivity index (χ2v) is 7.58. The Bertz CT molecular complexity index is 753. The predicted molar refractivity (Wildman–Crippen MR) is 111 cm³/mol. The first-order chi connectivity index (χ1) is 13.1. The van der Waals surface area contributed by atoms with E-state index in [4.69, 9.17) is 0 Å². The first-order valence-electron chi connectivity index (χ1n) is 9.29. The summed E-state index contributed by atoms with van der Waals surface area (Å²) in [7, 11) is 0. The van der Waals surface area contributed by atoms with Crippen molar-refractivity contribution in [2.75, 3.05) is 42.9 Å². The lowest BCUT2D eigenvalue weighted by molar-refractivity contribution is -0.117. The van der Waals surface area contributed by atoms with Gasteiger partial charge in [-0.15, -0.1) is 11.3 Å². The zero-order valence-corrected chi connectivity index (χ0v) is 16.6. The normalized spacial score (nSPS) is 16.0. The predicted octanol–water partition coefficient (Wildman–Crippen LogP) is 2.65. The highest BCUT2D eigenvalue weighted by Crippen LogP contribution is 2.19. The Balaban J connectivity index is 1.51. The molecule has 0 bridgehead atoms. The number of anilines is 2. The summed E-state index contributed by atoms with van der Waals surface area (Å²) >= 11 is 1.35. The van der Waals surface area contributed by atoms with E-state index in [2.05, 4.69) is 27.4 Å². The molecule has 0 radical (unpaired) electrons. The summed E-state index contributed by atoms with van der Waals surface area (Å²) in [6, 6.07) is 10.8. The van der Waals surface area contributed by atoms with Gasteiger partial charge in [0.05, 0.1) is 4.88 Å². The largest absolute Gasteiger partial charge is 0.369 e. The van der Waals surface area contributed by atoms with Crippen molar-refractivity contribution in [2.24, 2.45) is 0 Å². The summed E-state index contributed by atoms with van der Waals surface area (Å²) in [5, 5.41) is 7.42. The Labute approximate surface area is 164 Å². The fourth-order valence-corrected chi connectivity index (χ4v) is 3.70. The van der Waals surface area contributed by atoms with Crippen LogP contribution < -0.4 is 15.5 Å². The topological polar surface area (TPSA) is 64.7 Å². The van der Waals surface area contributed by atoms with Crippen molar-refractivity contribution in [1.29, 1.82) is 0 Å². The van der Waals surface area contributed by atoms with E-state index < -0.39 is 6.04 Å². The molecular weight excluding hydrogens is 360 g/mol. The Kier molecular flexibility index (Phi) is 6.47. The van der Waals surface area contributed by atoms with Crippen LogP contribution in [0, 0.1) is 0 Å². The average molecular weight is 387 g/mol. The van der Waals surface area contributed by atoms with Gasteiger partial charge in [-0.25, -0.2) is 0 Å². The minimum atomic E-state index is -0.610. The smallest absolute Gasteiger partial charge is 0.261 e. The van der Waals surface area contributed by atoms with Crippen LogP contribution in [-0.2, 0) is 4.79 Å². The molecule has 3 rings (SSSR count). The van der Waals surface area contributed by atoms with Gasteiger partial charge in [0.25, 0.3) is 5.91 Å². The molecule has 7 heteroatoms. The number of carbonyl (C=O) groups excluding carboxylic acids is 2. The van der Waals surface area contributed by atoms with E-state index in [0.29, 0.717) is 4.88 Å². The summed E-state index contributed by atoms with van der Waals surface area (Å²) in [5.74, 6) is -0.460. The molecule has 0 unspecified atom stereocenters. The van der Waals surface area contributed by atoms with Crippen LogP contribution >= 0.6 is 11.3 Å². The number of rotatable bonds is 6. The van der Waals surface area contributed by atoms with Crippen LogP contribution in [-0.4, -0.2) is 55.5 Å². The van der Waals surface area contributed by atoms with Crippen LogP contribution in [0.5, 0.6) is 0 Å². The fraction of sp³-hybridized carbons (Fsp3) is 0.400. The molecule has 1 aromatic heterocycles. The number of amides is 2. The van der Waals surface area contributed by atoms with Crippen molar-refractivity contribution < 1.29 is 9.59 Å². The van der Waals surface area contributed by atoms with E-state index in [1.165, 1.54) is 17.0 Å². The molecule has 1 aliphatic rings. The molecule has 2 aromatic rings. The molecule has 1 aliphatic heterocycles. The van der Waals surface area contributed by atoms with Gasteiger partial charge in [-0.05, 0) is 49.2 Å². The Morgan fingerprint density at radius 1 is 1.11 bits per heavy atom. The highest BCUT2D eigenvalue weighted by Gasteiger charge is 2.18. The molecule has 0 spiro atoms. The van der Waals surface area contributed by atoms with E-state index in [-0.39, 0.29) is 11.8 Å². The van der Waals surface area contributed by atoms with Gasteiger partial charge in [0.15, 0.2) is 0 Å². The van der Waals surface area contributed by atoms with Gasteiger partial charge in [-0.1, -0.05) is 13.0 Å². The molecule has 1 fully saturated rings. The first kappa shape index (κ1) is 19.4. The molecule has 0 aliphatic carbocycles. The summed E-state index contributed by atoms with van der Waals surface area (Å²) in [6.07, 6.45) is 0. The summed E-state index contributed by atoms with van der Waals surface area (Å²) in [5.41, 5.74) is 1.90. The second kappa shape index (κ2) is 9.01. The number of hydrogen-bond donors (Lipinski definition) is 2. The van der Waals surface area contributed by atoms with E-state index in [1.807, 2.05) is 35.7 Å². The standard InChI is InChI=1S/C20H26N4O2S/c1-3-23-10-12-24(13-11-23)17-8-6-16(7-9-17)22-19(25)15(2)21-20(26)18-5-4-14-27-18/h4-9,14-15H,3,10-13H2,1-2H3,(H,21,26)(H,22,25)/t15-/m1/s1. The van der Waals surface area contributed by atoms with Crippen LogP contribution in [0.2, 0.25) is 0 Å². The molecule has 0 saturated carbocycles. The number of likely N-dealkylation sites (N-methyl/N-ethyl adjacent to an activating group) is 1. The highest BCUT2D eigenvalue weighted by molar-refractivity contribution is 7.12. The molecule has 2 amide bonds. The average Bonchev–Trinajstić information content (AvgIpc) is 3.23. The van der Waals surface area contributed by atoms with E-state index in [0.717, 1.165) is 38.4 Å². The maximum absolute atomic E-state index is 12.3. The van der Waals surface area contributed by atoms with Crippen LogP contribution in [0.1, 0.15) is 23.5 Å². The molecule has 1 aromatic carbocycles. The third-order valence-electron chi connectivity index (χ3n) is 4.81.